The maximum atomic E-state index is 5.88. The minimum absolute atomic E-state index is 0.743. The Hall–Kier alpha value is -2.36. The van der Waals surface area contributed by atoms with Gasteiger partial charge in [-0.2, -0.15) is 5.10 Å². The number of nitrogens with zero attached hydrogens (tertiary/aromatic N) is 3. The van der Waals surface area contributed by atoms with E-state index in [2.05, 4.69) is 10.1 Å². The van der Waals surface area contributed by atoms with Crippen LogP contribution in [0.5, 0.6) is 0 Å². The number of fused-ring (bicyclic) bond motifs is 1. The molecule has 0 spiro atoms. The first-order chi connectivity index (χ1) is 7.86. The van der Waals surface area contributed by atoms with Crippen molar-refractivity contribution in [3.05, 3.63) is 48.9 Å². The fraction of sp³-hybridized carbons (Fsp3) is 0. The van der Waals surface area contributed by atoms with Crippen molar-refractivity contribution in [2.24, 2.45) is 0 Å². The summed E-state index contributed by atoms with van der Waals surface area (Å²) >= 11 is 0. The number of nitrogens with two attached hydrogens (primary N) is 1. The minimum atomic E-state index is 0.743. The van der Waals surface area contributed by atoms with Gasteiger partial charge in [0.15, 0.2) is 0 Å². The van der Waals surface area contributed by atoms with Crippen molar-refractivity contribution < 1.29 is 0 Å². The van der Waals surface area contributed by atoms with Gasteiger partial charge in [0, 0.05) is 17.3 Å². The quantitative estimate of drug-likeness (QED) is 0.625. The summed E-state index contributed by atoms with van der Waals surface area (Å²) in [5.74, 6) is 0. The van der Waals surface area contributed by atoms with E-state index in [1.165, 1.54) is 0 Å². The summed E-state index contributed by atoms with van der Waals surface area (Å²) in [5.41, 5.74) is 8.55. The van der Waals surface area contributed by atoms with Gasteiger partial charge < -0.3 is 5.73 Å². The van der Waals surface area contributed by atoms with E-state index in [1.807, 2.05) is 35.0 Å². The van der Waals surface area contributed by atoms with Crippen molar-refractivity contribution in [1.29, 1.82) is 0 Å². The number of pyridine rings is 1. The second-order valence-electron chi connectivity index (χ2n) is 3.55. The lowest BCUT2D eigenvalue weighted by atomic mass is 10.2. The standard InChI is InChI=1S/C12H10N4/c13-11-4-1-5-12-10(11)8-15-16(12)9-3-2-6-14-7-9/h1-8H,13H2. The Morgan fingerprint density at radius 1 is 1.06 bits per heavy atom. The van der Waals surface area contributed by atoms with Gasteiger partial charge in [-0.05, 0) is 24.3 Å². The smallest absolute Gasteiger partial charge is 0.0836 e. The number of benzene rings is 1. The molecular formula is C12H10N4. The van der Waals surface area contributed by atoms with Gasteiger partial charge in [0.25, 0.3) is 0 Å². The second-order valence-corrected chi connectivity index (χ2v) is 3.55. The molecule has 0 bridgehead atoms. The van der Waals surface area contributed by atoms with Crippen LogP contribution in [0.15, 0.2) is 48.9 Å². The predicted molar refractivity (Wildman–Crippen MR) is 63.3 cm³/mol. The van der Waals surface area contributed by atoms with Gasteiger partial charge in [-0.15, -0.1) is 0 Å². The molecule has 2 aromatic heterocycles. The highest BCUT2D eigenvalue weighted by Gasteiger charge is 2.05. The van der Waals surface area contributed by atoms with Gasteiger partial charge in [0.05, 0.1) is 23.6 Å². The van der Waals surface area contributed by atoms with Crippen molar-refractivity contribution in [2.75, 3.05) is 5.73 Å². The zero-order valence-electron chi connectivity index (χ0n) is 8.54. The molecule has 0 saturated carbocycles. The van der Waals surface area contributed by atoms with Crippen molar-refractivity contribution in [3.8, 4) is 5.69 Å². The Morgan fingerprint density at radius 2 is 2.00 bits per heavy atom. The highest BCUT2D eigenvalue weighted by Crippen LogP contribution is 2.22. The summed E-state index contributed by atoms with van der Waals surface area (Å²) in [6.07, 6.45) is 5.29. The van der Waals surface area contributed by atoms with Gasteiger partial charge in [0.1, 0.15) is 0 Å². The molecule has 1 aromatic carbocycles. The molecule has 2 N–H and O–H groups in total. The van der Waals surface area contributed by atoms with Crippen LogP contribution < -0.4 is 5.73 Å². The third-order valence-electron chi connectivity index (χ3n) is 2.54. The summed E-state index contributed by atoms with van der Waals surface area (Å²) in [5, 5.41) is 5.29. The van der Waals surface area contributed by atoms with Crippen molar-refractivity contribution in [2.45, 2.75) is 0 Å². The first-order valence-electron chi connectivity index (χ1n) is 4.99. The first kappa shape index (κ1) is 8.91. The monoisotopic (exact) mass is 210 g/mol. The van der Waals surface area contributed by atoms with Crippen molar-refractivity contribution >= 4 is 16.6 Å². The third kappa shape index (κ3) is 1.24. The highest BCUT2D eigenvalue weighted by atomic mass is 15.3. The Bertz CT molecular complexity index is 628. The second kappa shape index (κ2) is 3.34. The van der Waals surface area contributed by atoms with E-state index in [4.69, 9.17) is 5.73 Å². The molecule has 0 aliphatic rings. The number of aromatic nitrogens is 3. The Balaban J connectivity index is 2.30. The van der Waals surface area contributed by atoms with Crippen molar-refractivity contribution in [1.82, 2.24) is 14.8 Å². The van der Waals surface area contributed by atoms with E-state index in [-0.39, 0.29) is 0 Å². The number of hydrogen-bond donors (Lipinski definition) is 1. The molecule has 0 aliphatic carbocycles. The molecule has 4 nitrogen and oxygen atoms in total. The number of hydrogen-bond acceptors (Lipinski definition) is 3. The molecule has 78 valence electrons. The van der Waals surface area contributed by atoms with Crippen LogP contribution in [0.1, 0.15) is 0 Å². The summed E-state index contributed by atoms with van der Waals surface area (Å²) in [6, 6.07) is 9.63. The maximum absolute atomic E-state index is 5.88. The van der Waals surface area contributed by atoms with Gasteiger partial charge in [-0.1, -0.05) is 6.07 Å². The SMILES string of the molecule is Nc1cccc2c1cnn2-c1cccnc1. The molecule has 0 fully saturated rings. The molecule has 0 atom stereocenters. The van der Waals surface area contributed by atoms with Crippen LogP contribution in [0.4, 0.5) is 5.69 Å². The first-order valence-corrected chi connectivity index (χ1v) is 4.99. The average molecular weight is 210 g/mol. The molecule has 0 saturated heterocycles. The average Bonchev–Trinajstić information content (AvgIpc) is 2.75. The number of rotatable bonds is 1. The molecule has 0 aliphatic heterocycles. The lowest BCUT2D eigenvalue weighted by Crippen LogP contribution is -1.96. The fourth-order valence-corrected chi connectivity index (χ4v) is 1.76. The number of nitrogen functional groups attached to an aromatic ring is 1. The summed E-state index contributed by atoms with van der Waals surface area (Å²) in [6.45, 7) is 0. The van der Waals surface area contributed by atoms with Crippen LogP contribution in [0.2, 0.25) is 0 Å². The zero-order valence-corrected chi connectivity index (χ0v) is 8.54. The maximum Gasteiger partial charge on any atom is 0.0836 e. The van der Waals surface area contributed by atoms with Crippen LogP contribution >= 0.6 is 0 Å². The van der Waals surface area contributed by atoms with Gasteiger partial charge >= 0.3 is 0 Å². The Kier molecular flexibility index (Phi) is 1.86. The molecule has 4 heteroatoms. The van der Waals surface area contributed by atoms with Crippen LogP contribution in [0.25, 0.3) is 16.6 Å². The van der Waals surface area contributed by atoms with Crippen LogP contribution in [0.3, 0.4) is 0 Å². The molecule has 0 unspecified atom stereocenters. The Labute approximate surface area is 92.3 Å². The Morgan fingerprint density at radius 3 is 2.81 bits per heavy atom. The van der Waals surface area contributed by atoms with Gasteiger partial charge in [-0.3, -0.25) is 4.98 Å². The van der Waals surface area contributed by atoms with E-state index >= 15 is 0 Å². The largest absolute Gasteiger partial charge is 0.398 e. The molecule has 0 radical (unpaired) electrons. The summed E-state index contributed by atoms with van der Waals surface area (Å²) in [7, 11) is 0. The predicted octanol–water partition coefficient (Wildman–Crippen LogP) is 2.00. The molecular weight excluding hydrogens is 200 g/mol. The highest BCUT2D eigenvalue weighted by molar-refractivity contribution is 5.90. The van der Waals surface area contributed by atoms with E-state index in [9.17, 15) is 0 Å². The zero-order chi connectivity index (χ0) is 11.0. The van der Waals surface area contributed by atoms with Crippen molar-refractivity contribution in [3.63, 3.8) is 0 Å². The fourth-order valence-electron chi connectivity index (χ4n) is 1.76. The summed E-state index contributed by atoms with van der Waals surface area (Å²) < 4.78 is 1.83. The molecule has 3 aromatic rings. The van der Waals surface area contributed by atoms with E-state index < -0.39 is 0 Å². The lowest BCUT2D eigenvalue weighted by molar-refractivity contribution is 0.903. The molecule has 16 heavy (non-hydrogen) atoms. The third-order valence-corrected chi connectivity index (χ3v) is 2.54. The van der Waals surface area contributed by atoms with Crippen LogP contribution in [0, 0.1) is 0 Å². The van der Waals surface area contributed by atoms with E-state index in [0.29, 0.717) is 0 Å². The topological polar surface area (TPSA) is 56.7 Å². The summed E-state index contributed by atoms with van der Waals surface area (Å²) in [4.78, 5) is 4.08. The minimum Gasteiger partial charge on any atom is -0.398 e. The number of anilines is 1. The normalized spacial score (nSPS) is 10.8. The van der Waals surface area contributed by atoms with Crippen LogP contribution in [-0.4, -0.2) is 14.8 Å². The molecule has 2 heterocycles. The van der Waals surface area contributed by atoms with Gasteiger partial charge in [-0.25, -0.2) is 4.68 Å². The lowest BCUT2D eigenvalue weighted by Gasteiger charge is -2.02. The van der Waals surface area contributed by atoms with E-state index in [0.717, 1.165) is 22.3 Å². The van der Waals surface area contributed by atoms with E-state index in [1.54, 1.807) is 18.6 Å². The molecule has 3 rings (SSSR count). The van der Waals surface area contributed by atoms with Gasteiger partial charge in [0.2, 0.25) is 0 Å². The van der Waals surface area contributed by atoms with Crippen LogP contribution in [-0.2, 0) is 0 Å². The molecule has 0 amide bonds.